The number of hydrogen-bond acceptors (Lipinski definition) is 3. The lowest BCUT2D eigenvalue weighted by molar-refractivity contribution is -0.140. The molecule has 0 radical (unpaired) electrons. The van der Waals surface area contributed by atoms with Gasteiger partial charge in [0.25, 0.3) is 0 Å². The zero-order chi connectivity index (χ0) is 13.8. The monoisotopic (exact) mass is 268 g/mol. The summed E-state index contributed by atoms with van der Waals surface area (Å²) in [7, 11) is 1.74. The SMILES string of the molecule is COC1CCCN(C(=O)C(C)C2CCCC(N)C2)C1. The first-order valence-corrected chi connectivity index (χ1v) is 7.69. The molecule has 0 spiro atoms. The number of methoxy groups -OCH3 is 1. The zero-order valence-electron chi connectivity index (χ0n) is 12.3. The van der Waals surface area contributed by atoms with Crippen molar-refractivity contribution >= 4 is 5.91 Å². The first kappa shape index (κ1) is 14.8. The van der Waals surface area contributed by atoms with Crippen molar-refractivity contribution in [3.63, 3.8) is 0 Å². The van der Waals surface area contributed by atoms with Gasteiger partial charge >= 0.3 is 0 Å². The molecule has 1 aliphatic carbocycles. The van der Waals surface area contributed by atoms with Crippen LogP contribution >= 0.6 is 0 Å². The van der Waals surface area contributed by atoms with Crippen LogP contribution in [0.25, 0.3) is 0 Å². The van der Waals surface area contributed by atoms with Gasteiger partial charge in [-0.15, -0.1) is 0 Å². The highest BCUT2D eigenvalue weighted by molar-refractivity contribution is 5.79. The normalized spacial score (nSPS) is 34.1. The number of carbonyl (C=O) groups is 1. The Bertz CT molecular complexity index is 309. The van der Waals surface area contributed by atoms with Crippen LogP contribution in [0.5, 0.6) is 0 Å². The van der Waals surface area contributed by atoms with Gasteiger partial charge in [-0.05, 0) is 38.0 Å². The van der Waals surface area contributed by atoms with Gasteiger partial charge in [0.15, 0.2) is 0 Å². The van der Waals surface area contributed by atoms with Crippen molar-refractivity contribution < 1.29 is 9.53 Å². The number of piperidine rings is 1. The Hall–Kier alpha value is -0.610. The lowest BCUT2D eigenvalue weighted by atomic mass is 9.78. The highest BCUT2D eigenvalue weighted by Crippen LogP contribution is 2.31. The van der Waals surface area contributed by atoms with Gasteiger partial charge in [0, 0.05) is 32.2 Å². The van der Waals surface area contributed by atoms with Crippen molar-refractivity contribution in [1.82, 2.24) is 4.90 Å². The average molecular weight is 268 g/mol. The van der Waals surface area contributed by atoms with Gasteiger partial charge in [-0.25, -0.2) is 0 Å². The van der Waals surface area contributed by atoms with E-state index in [0.29, 0.717) is 17.9 Å². The fourth-order valence-corrected chi connectivity index (χ4v) is 3.54. The molecule has 0 aromatic carbocycles. The van der Waals surface area contributed by atoms with Gasteiger partial charge in [-0.3, -0.25) is 4.79 Å². The average Bonchev–Trinajstić information content (AvgIpc) is 2.45. The second-order valence-electron chi connectivity index (χ2n) is 6.26. The summed E-state index contributed by atoms with van der Waals surface area (Å²) < 4.78 is 5.40. The number of rotatable bonds is 3. The molecule has 1 aliphatic heterocycles. The molecule has 1 amide bonds. The van der Waals surface area contributed by atoms with Gasteiger partial charge in [-0.1, -0.05) is 13.3 Å². The minimum absolute atomic E-state index is 0.113. The minimum Gasteiger partial charge on any atom is -0.380 e. The Labute approximate surface area is 116 Å². The molecular formula is C15H28N2O2. The molecule has 19 heavy (non-hydrogen) atoms. The van der Waals surface area contributed by atoms with Crippen molar-refractivity contribution in [2.75, 3.05) is 20.2 Å². The number of nitrogens with zero attached hydrogens (tertiary/aromatic N) is 1. The number of nitrogens with two attached hydrogens (primary N) is 1. The molecule has 1 heterocycles. The lowest BCUT2D eigenvalue weighted by Crippen LogP contribution is -2.47. The summed E-state index contributed by atoms with van der Waals surface area (Å²) in [6.45, 7) is 3.74. The molecule has 2 N–H and O–H groups in total. The molecule has 0 aromatic heterocycles. The van der Waals surface area contributed by atoms with E-state index < -0.39 is 0 Å². The molecule has 2 rings (SSSR count). The van der Waals surface area contributed by atoms with Gasteiger partial charge in [0.05, 0.1) is 6.10 Å². The van der Waals surface area contributed by atoms with E-state index >= 15 is 0 Å². The third-order valence-electron chi connectivity index (χ3n) is 4.88. The van der Waals surface area contributed by atoms with Crippen LogP contribution in [0.15, 0.2) is 0 Å². The maximum Gasteiger partial charge on any atom is 0.225 e. The second kappa shape index (κ2) is 6.71. The topological polar surface area (TPSA) is 55.6 Å². The Balaban J connectivity index is 1.90. The van der Waals surface area contributed by atoms with Crippen molar-refractivity contribution in [3.8, 4) is 0 Å². The molecule has 4 atom stereocenters. The number of likely N-dealkylation sites (tertiary alicyclic amines) is 1. The molecule has 2 fully saturated rings. The summed E-state index contributed by atoms with van der Waals surface area (Å²) in [5.74, 6) is 0.891. The van der Waals surface area contributed by atoms with Gasteiger partial charge < -0.3 is 15.4 Å². The summed E-state index contributed by atoms with van der Waals surface area (Å²) in [5, 5.41) is 0. The van der Waals surface area contributed by atoms with Crippen molar-refractivity contribution in [2.24, 2.45) is 17.6 Å². The fourth-order valence-electron chi connectivity index (χ4n) is 3.54. The Morgan fingerprint density at radius 1 is 1.32 bits per heavy atom. The molecule has 110 valence electrons. The molecule has 4 unspecified atom stereocenters. The van der Waals surface area contributed by atoms with Crippen LogP contribution in [-0.2, 0) is 9.53 Å². The van der Waals surface area contributed by atoms with Gasteiger partial charge in [0.2, 0.25) is 5.91 Å². The van der Waals surface area contributed by atoms with Crippen LogP contribution in [0.3, 0.4) is 0 Å². The zero-order valence-corrected chi connectivity index (χ0v) is 12.3. The Morgan fingerprint density at radius 2 is 2.11 bits per heavy atom. The summed E-state index contributed by atoms with van der Waals surface area (Å²) in [4.78, 5) is 14.6. The van der Waals surface area contributed by atoms with E-state index in [2.05, 4.69) is 6.92 Å². The fraction of sp³-hybridized carbons (Fsp3) is 0.933. The van der Waals surface area contributed by atoms with Crippen molar-refractivity contribution in [1.29, 1.82) is 0 Å². The molecule has 0 bridgehead atoms. The number of ether oxygens (including phenoxy) is 1. The highest BCUT2D eigenvalue weighted by atomic mass is 16.5. The maximum absolute atomic E-state index is 12.6. The van der Waals surface area contributed by atoms with Crippen LogP contribution < -0.4 is 5.73 Å². The van der Waals surface area contributed by atoms with E-state index in [0.717, 1.165) is 45.2 Å². The third kappa shape index (κ3) is 3.69. The van der Waals surface area contributed by atoms with E-state index in [-0.39, 0.29) is 12.0 Å². The van der Waals surface area contributed by atoms with E-state index in [1.165, 1.54) is 6.42 Å². The van der Waals surface area contributed by atoms with Crippen LogP contribution in [0.2, 0.25) is 0 Å². The Morgan fingerprint density at radius 3 is 2.79 bits per heavy atom. The first-order valence-electron chi connectivity index (χ1n) is 7.69. The first-order chi connectivity index (χ1) is 9.11. The van der Waals surface area contributed by atoms with Crippen molar-refractivity contribution in [2.45, 2.75) is 57.6 Å². The van der Waals surface area contributed by atoms with Crippen LogP contribution in [-0.4, -0.2) is 43.2 Å². The Kier molecular flexibility index (Phi) is 5.22. The third-order valence-corrected chi connectivity index (χ3v) is 4.88. The standard InChI is InChI=1S/C15H28N2O2/c1-11(12-5-3-6-13(16)9-12)15(18)17-8-4-7-14(10-17)19-2/h11-14H,3-10,16H2,1-2H3. The molecule has 4 heteroatoms. The highest BCUT2D eigenvalue weighted by Gasteiger charge is 2.33. The molecule has 4 nitrogen and oxygen atoms in total. The molecule has 2 aliphatic rings. The van der Waals surface area contributed by atoms with E-state index in [1.54, 1.807) is 7.11 Å². The molecule has 0 aromatic rings. The predicted octanol–water partition coefficient (Wildman–Crippen LogP) is 1.78. The molecule has 1 saturated carbocycles. The molecule has 1 saturated heterocycles. The lowest BCUT2D eigenvalue weighted by Gasteiger charge is -2.37. The van der Waals surface area contributed by atoms with Gasteiger partial charge in [-0.2, -0.15) is 0 Å². The van der Waals surface area contributed by atoms with Gasteiger partial charge in [0.1, 0.15) is 0 Å². The minimum atomic E-state index is 0.113. The predicted molar refractivity (Wildman–Crippen MR) is 75.7 cm³/mol. The van der Waals surface area contributed by atoms with E-state index in [9.17, 15) is 4.79 Å². The summed E-state index contributed by atoms with van der Waals surface area (Å²) in [5.41, 5.74) is 6.04. The smallest absolute Gasteiger partial charge is 0.225 e. The quantitative estimate of drug-likeness (QED) is 0.849. The number of carbonyl (C=O) groups excluding carboxylic acids is 1. The second-order valence-corrected chi connectivity index (χ2v) is 6.26. The largest absolute Gasteiger partial charge is 0.380 e. The van der Waals surface area contributed by atoms with Crippen LogP contribution in [0, 0.1) is 11.8 Å². The number of amides is 1. The van der Waals surface area contributed by atoms with Crippen molar-refractivity contribution in [3.05, 3.63) is 0 Å². The van der Waals surface area contributed by atoms with E-state index in [1.807, 2.05) is 4.90 Å². The van der Waals surface area contributed by atoms with Crippen LogP contribution in [0.1, 0.15) is 45.4 Å². The number of hydrogen-bond donors (Lipinski definition) is 1. The maximum atomic E-state index is 12.6. The molecular weight excluding hydrogens is 240 g/mol. The van der Waals surface area contributed by atoms with E-state index in [4.69, 9.17) is 10.5 Å². The summed E-state index contributed by atoms with van der Waals surface area (Å²) >= 11 is 0. The summed E-state index contributed by atoms with van der Waals surface area (Å²) in [6.07, 6.45) is 6.80. The summed E-state index contributed by atoms with van der Waals surface area (Å²) in [6, 6.07) is 0.294. The van der Waals surface area contributed by atoms with Crippen LogP contribution in [0.4, 0.5) is 0 Å².